The lowest BCUT2D eigenvalue weighted by atomic mass is 9.89. The highest BCUT2D eigenvalue weighted by molar-refractivity contribution is 7.80. The van der Waals surface area contributed by atoms with Crippen molar-refractivity contribution < 1.29 is 29.0 Å². The zero-order valence-corrected chi connectivity index (χ0v) is 13.2. The summed E-state index contributed by atoms with van der Waals surface area (Å²) in [6.07, 6.45) is -0.123. The van der Waals surface area contributed by atoms with Crippen LogP contribution in [0.4, 0.5) is 0 Å². The normalized spacial score (nSPS) is 27.0. The molecule has 0 aromatic heterocycles. The summed E-state index contributed by atoms with van der Waals surface area (Å²) in [5.41, 5.74) is -1.14. The zero-order chi connectivity index (χ0) is 14.8. The average molecular weight is 332 g/mol. The lowest BCUT2D eigenvalue weighted by molar-refractivity contribution is 0.318. The Bertz CT molecular complexity index is 393. The van der Waals surface area contributed by atoms with E-state index in [9.17, 15) is 19.2 Å². The second-order valence-corrected chi connectivity index (χ2v) is 8.88. The first-order chi connectivity index (χ1) is 8.54. The summed E-state index contributed by atoms with van der Waals surface area (Å²) in [5.74, 6) is 0.454. The first kappa shape index (κ1) is 17.5. The van der Waals surface area contributed by atoms with Crippen LogP contribution in [0.5, 0.6) is 0 Å². The number of rotatable bonds is 5. The van der Waals surface area contributed by atoms with Crippen LogP contribution < -0.4 is 0 Å². The number of thiol groups is 1. The molecule has 0 bridgehead atoms. The molecule has 0 aliphatic carbocycles. The average Bonchev–Trinajstić information content (AvgIpc) is 2.23. The van der Waals surface area contributed by atoms with Gasteiger partial charge in [0.25, 0.3) is 0 Å². The summed E-state index contributed by atoms with van der Waals surface area (Å²) in [6, 6.07) is 0. The van der Waals surface area contributed by atoms with Crippen LogP contribution in [0.25, 0.3) is 0 Å². The van der Waals surface area contributed by atoms with E-state index in [2.05, 4.69) is 17.6 Å². The quantitative estimate of drug-likeness (QED) is 0.317. The molecule has 0 amide bonds. The van der Waals surface area contributed by atoms with E-state index in [1.165, 1.54) is 0 Å². The van der Waals surface area contributed by atoms with Crippen molar-refractivity contribution >= 4 is 33.9 Å². The molecular weight excluding hydrogens is 312 g/mol. The zero-order valence-electron chi connectivity index (χ0n) is 10.5. The summed E-state index contributed by atoms with van der Waals surface area (Å²) < 4.78 is 11.1. The van der Waals surface area contributed by atoms with Crippen molar-refractivity contribution in [3.63, 3.8) is 0 Å². The van der Waals surface area contributed by atoms with Crippen molar-refractivity contribution in [2.45, 2.75) is 19.0 Å². The van der Waals surface area contributed by atoms with Gasteiger partial charge in [-0.2, -0.15) is 27.3 Å². The third-order valence-electron chi connectivity index (χ3n) is 3.08. The maximum Gasteiger partial charge on any atom is 0.413 e. The van der Waals surface area contributed by atoms with Gasteiger partial charge in [-0.25, -0.2) is 0 Å². The van der Waals surface area contributed by atoms with Gasteiger partial charge in [0.2, 0.25) is 0 Å². The van der Waals surface area contributed by atoms with Crippen LogP contribution in [0, 0.1) is 11.8 Å². The van der Waals surface area contributed by atoms with Crippen LogP contribution in [-0.4, -0.2) is 54.3 Å². The van der Waals surface area contributed by atoms with Crippen LogP contribution in [0.3, 0.4) is 0 Å². The van der Waals surface area contributed by atoms with Crippen LogP contribution in [0.15, 0.2) is 4.99 Å². The third-order valence-corrected chi connectivity index (χ3v) is 5.93. The SMILES string of the molecule is CC1CN=C(C(CP(=O)(O)O)[P+](O)(O)O)C(CS)C1. The fourth-order valence-corrected chi connectivity index (χ4v) is 5.36. The molecule has 5 N–H and O–H groups in total. The summed E-state index contributed by atoms with van der Waals surface area (Å²) in [5, 5.41) is 0. The monoisotopic (exact) mass is 332 g/mol. The summed E-state index contributed by atoms with van der Waals surface area (Å²) in [7, 11) is -8.91. The van der Waals surface area contributed by atoms with Gasteiger partial charge in [-0.05, 0) is 18.1 Å². The minimum Gasteiger partial charge on any atom is -0.324 e. The van der Waals surface area contributed by atoms with Crippen molar-refractivity contribution in [2.24, 2.45) is 16.8 Å². The molecule has 1 heterocycles. The molecule has 3 atom stereocenters. The van der Waals surface area contributed by atoms with E-state index in [4.69, 9.17) is 9.79 Å². The fraction of sp³-hybridized carbons (Fsp3) is 0.889. The second-order valence-electron chi connectivity index (χ2n) is 4.96. The van der Waals surface area contributed by atoms with Gasteiger partial charge in [0.05, 0.1) is 11.9 Å². The van der Waals surface area contributed by atoms with Gasteiger partial charge >= 0.3 is 15.5 Å². The first-order valence-corrected chi connectivity index (χ1v) is 9.96. The second kappa shape index (κ2) is 6.50. The molecule has 112 valence electrons. The minimum atomic E-state index is -4.50. The van der Waals surface area contributed by atoms with Gasteiger partial charge in [-0.1, -0.05) is 6.92 Å². The molecule has 0 saturated heterocycles. The Labute approximate surface area is 117 Å². The van der Waals surface area contributed by atoms with Gasteiger partial charge in [0, 0.05) is 12.5 Å². The number of aliphatic imine (C=N–C) groups is 1. The lowest BCUT2D eigenvalue weighted by Crippen LogP contribution is -2.38. The van der Waals surface area contributed by atoms with Gasteiger partial charge < -0.3 is 9.79 Å². The highest BCUT2D eigenvalue weighted by Gasteiger charge is 2.51. The van der Waals surface area contributed by atoms with Crippen LogP contribution in [0.1, 0.15) is 13.3 Å². The molecule has 1 rings (SSSR count). The van der Waals surface area contributed by atoms with E-state index >= 15 is 0 Å². The molecule has 7 nitrogen and oxygen atoms in total. The van der Waals surface area contributed by atoms with Gasteiger partial charge in [0.1, 0.15) is 0 Å². The molecule has 1 aliphatic rings. The third kappa shape index (κ3) is 5.40. The Balaban J connectivity index is 3.06. The first-order valence-electron chi connectivity index (χ1n) is 5.81. The Morgan fingerprint density at radius 1 is 1.47 bits per heavy atom. The molecule has 3 unspecified atom stereocenters. The predicted molar refractivity (Wildman–Crippen MR) is 77.7 cm³/mol. The van der Waals surface area contributed by atoms with Gasteiger partial charge in [-0.15, -0.1) is 0 Å². The molecule has 1 aliphatic heterocycles. The van der Waals surface area contributed by atoms with Crippen molar-refractivity contribution in [3.8, 4) is 0 Å². The topological polar surface area (TPSA) is 131 Å². The number of hydrogen-bond acceptors (Lipinski definition) is 6. The van der Waals surface area contributed by atoms with E-state index in [-0.39, 0.29) is 11.6 Å². The lowest BCUT2D eigenvalue weighted by Gasteiger charge is -2.30. The smallest absolute Gasteiger partial charge is 0.324 e. The number of nitrogens with zero attached hydrogens (tertiary/aromatic N) is 1. The largest absolute Gasteiger partial charge is 0.413 e. The van der Waals surface area contributed by atoms with E-state index in [1.54, 1.807) is 0 Å². The summed E-state index contributed by atoms with van der Waals surface area (Å²) in [6.45, 7) is 2.42. The van der Waals surface area contributed by atoms with Crippen molar-refractivity contribution in [3.05, 3.63) is 0 Å². The summed E-state index contributed by atoms with van der Waals surface area (Å²) in [4.78, 5) is 50.6. The molecule has 0 spiro atoms. The highest BCUT2D eigenvalue weighted by atomic mass is 32.1. The molecule has 10 heteroatoms. The maximum atomic E-state index is 11.1. The Hall–Kier alpha value is 0.480. The van der Waals surface area contributed by atoms with Crippen LogP contribution in [-0.2, 0) is 4.57 Å². The molecule has 0 aromatic rings. The van der Waals surface area contributed by atoms with E-state index in [1.807, 2.05) is 6.92 Å². The van der Waals surface area contributed by atoms with Crippen molar-refractivity contribution in [2.75, 3.05) is 18.5 Å². The summed E-state index contributed by atoms with van der Waals surface area (Å²) >= 11 is 4.16. The van der Waals surface area contributed by atoms with Crippen molar-refractivity contribution in [1.29, 1.82) is 0 Å². The predicted octanol–water partition coefficient (Wildman–Crippen LogP) is 0.299. The van der Waals surface area contributed by atoms with Gasteiger partial charge in [-0.3, -0.25) is 9.56 Å². The van der Waals surface area contributed by atoms with E-state index in [0.29, 0.717) is 24.6 Å². The van der Waals surface area contributed by atoms with Crippen LogP contribution >= 0.6 is 28.2 Å². The molecule has 0 aromatic carbocycles. The molecule has 0 radical (unpaired) electrons. The van der Waals surface area contributed by atoms with Crippen molar-refractivity contribution in [1.82, 2.24) is 0 Å². The Kier molecular flexibility index (Phi) is 6.00. The molecule has 0 saturated carbocycles. The Morgan fingerprint density at radius 2 is 2.05 bits per heavy atom. The van der Waals surface area contributed by atoms with E-state index < -0.39 is 27.4 Å². The minimum absolute atomic E-state index is 0.213. The molecule has 19 heavy (non-hydrogen) atoms. The van der Waals surface area contributed by atoms with Crippen LogP contribution in [0.2, 0.25) is 0 Å². The van der Waals surface area contributed by atoms with E-state index in [0.717, 1.165) is 0 Å². The standard InChI is InChI=1S/C9H19NO6P2S/c1-6-2-7(5-19)9(10-3-6)8(18(14,15)16)4-17(11,12)13/h6-8,14-16H,2-5H2,1H3,(H2-,11,12,13,19)/p+1. The molecule has 0 fully saturated rings. The Morgan fingerprint density at radius 3 is 2.47 bits per heavy atom. The highest BCUT2D eigenvalue weighted by Crippen LogP contribution is 2.56. The fourth-order valence-electron chi connectivity index (χ4n) is 2.22. The maximum absolute atomic E-state index is 11.1. The van der Waals surface area contributed by atoms with Gasteiger partial charge in [0.15, 0.2) is 5.66 Å². The number of hydrogen-bond donors (Lipinski definition) is 6. The molecular formula is C9H20NO6P2S+.